The van der Waals surface area contributed by atoms with Gasteiger partial charge in [-0.1, -0.05) is 0 Å². The number of ether oxygens (including phenoxy) is 3. The monoisotopic (exact) mass is 430 g/mol. The Morgan fingerprint density at radius 2 is 1.87 bits per heavy atom. The second-order valence-electron chi connectivity index (χ2n) is 8.10. The van der Waals surface area contributed by atoms with Crippen LogP contribution in [-0.2, 0) is 16.1 Å². The maximum atomic E-state index is 12.8. The molecule has 1 saturated heterocycles. The Bertz CT molecular complexity index is 948. The number of amides is 1. The lowest BCUT2D eigenvalue weighted by Crippen LogP contribution is -2.42. The maximum absolute atomic E-state index is 12.8. The lowest BCUT2D eigenvalue weighted by atomic mass is 9.97. The van der Waals surface area contributed by atoms with E-state index in [4.69, 9.17) is 14.2 Å². The number of nitrogens with zero attached hydrogens (tertiary/aromatic N) is 4. The van der Waals surface area contributed by atoms with E-state index in [1.165, 1.54) is 4.68 Å². The molecule has 1 unspecified atom stereocenters. The minimum atomic E-state index is -0.0687. The SMILES string of the molecule is COCCn1nc(C2CCCN(C(=O)COc3ccc(OC)cc3)C2)n(C2CC2)c1=O. The summed E-state index contributed by atoms with van der Waals surface area (Å²) < 4.78 is 19.3. The van der Waals surface area contributed by atoms with Crippen molar-refractivity contribution in [3.05, 3.63) is 40.6 Å². The van der Waals surface area contributed by atoms with E-state index in [1.54, 1.807) is 38.5 Å². The molecule has 0 bridgehead atoms. The molecule has 168 valence electrons. The van der Waals surface area contributed by atoms with Gasteiger partial charge in [0.25, 0.3) is 5.91 Å². The standard InChI is InChI=1S/C22H30N4O5/c1-29-13-12-25-22(28)26(17-5-6-17)21(23-25)16-4-3-11-24(14-16)20(27)15-31-19-9-7-18(30-2)8-10-19/h7-10,16-17H,3-6,11-15H2,1-2H3. The zero-order chi connectivity index (χ0) is 21.8. The second-order valence-corrected chi connectivity index (χ2v) is 8.10. The summed E-state index contributed by atoms with van der Waals surface area (Å²) in [6, 6.07) is 7.41. The van der Waals surface area contributed by atoms with Crippen molar-refractivity contribution in [1.29, 1.82) is 0 Å². The number of carbonyl (C=O) groups excluding carboxylic acids is 1. The van der Waals surface area contributed by atoms with Crippen LogP contribution in [0, 0.1) is 0 Å². The molecule has 9 heteroatoms. The van der Waals surface area contributed by atoms with Gasteiger partial charge >= 0.3 is 5.69 Å². The number of carbonyl (C=O) groups is 1. The number of likely N-dealkylation sites (tertiary alicyclic amines) is 1. The van der Waals surface area contributed by atoms with Gasteiger partial charge in [0, 0.05) is 32.2 Å². The Labute approximate surface area is 181 Å². The van der Waals surface area contributed by atoms with E-state index in [0.717, 1.165) is 37.3 Å². The Morgan fingerprint density at radius 3 is 2.55 bits per heavy atom. The molecule has 0 radical (unpaired) electrons. The van der Waals surface area contributed by atoms with Crippen LogP contribution in [0.15, 0.2) is 29.1 Å². The van der Waals surface area contributed by atoms with Gasteiger partial charge in [-0.15, -0.1) is 0 Å². The van der Waals surface area contributed by atoms with E-state index >= 15 is 0 Å². The van der Waals surface area contributed by atoms with Crippen molar-refractivity contribution in [3.8, 4) is 11.5 Å². The van der Waals surface area contributed by atoms with Crippen molar-refractivity contribution in [2.45, 2.75) is 44.2 Å². The first-order chi connectivity index (χ1) is 15.1. The van der Waals surface area contributed by atoms with Gasteiger partial charge in [0.2, 0.25) is 0 Å². The predicted molar refractivity (Wildman–Crippen MR) is 114 cm³/mol. The van der Waals surface area contributed by atoms with Gasteiger partial charge in [0.15, 0.2) is 6.61 Å². The highest BCUT2D eigenvalue weighted by molar-refractivity contribution is 5.78. The van der Waals surface area contributed by atoms with E-state index in [-0.39, 0.29) is 30.2 Å². The molecule has 1 aromatic carbocycles. The highest BCUT2D eigenvalue weighted by atomic mass is 16.5. The molecule has 0 N–H and O–H groups in total. The summed E-state index contributed by atoms with van der Waals surface area (Å²) in [6.45, 7) is 2.11. The molecule has 0 spiro atoms. The molecule has 1 aliphatic carbocycles. The minimum Gasteiger partial charge on any atom is -0.497 e. The minimum absolute atomic E-state index is 0.0171. The summed E-state index contributed by atoms with van der Waals surface area (Å²) >= 11 is 0. The number of benzene rings is 1. The van der Waals surface area contributed by atoms with Gasteiger partial charge < -0.3 is 19.1 Å². The highest BCUT2D eigenvalue weighted by Crippen LogP contribution is 2.37. The molecule has 9 nitrogen and oxygen atoms in total. The molecule has 1 amide bonds. The van der Waals surface area contributed by atoms with Crippen molar-refractivity contribution in [3.63, 3.8) is 0 Å². The Kier molecular flexibility index (Phi) is 6.60. The van der Waals surface area contributed by atoms with Crippen molar-refractivity contribution >= 4 is 5.91 Å². The number of hydrogen-bond donors (Lipinski definition) is 0. The third-order valence-corrected chi connectivity index (χ3v) is 5.88. The Morgan fingerprint density at radius 1 is 1.13 bits per heavy atom. The van der Waals surface area contributed by atoms with Gasteiger partial charge in [0.05, 0.1) is 20.3 Å². The molecular weight excluding hydrogens is 400 g/mol. The third-order valence-electron chi connectivity index (χ3n) is 5.88. The summed E-state index contributed by atoms with van der Waals surface area (Å²) in [5.41, 5.74) is -0.0687. The first kappa shape index (κ1) is 21.4. The van der Waals surface area contributed by atoms with Crippen molar-refractivity contribution < 1.29 is 19.0 Å². The third kappa shape index (κ3) is 4.92. The summed E-state index contributed by atoms with van der Waals surface area (Å²) in [7, 11) is 3.22. The molecular formula is C22H30N4O5. The number of methoxy groups -OCH3 is 2. The molecule has 1 atom stereocenters. The van der Waals surface area contributed by atoms with Crippen molar-refractivity contribution in [2.75, 3.05) is 40.5 Å². The van der Waals surface area contributed by atoms with Gasteiger partial charge in [-0.3, -0.25) is 9.36 Å². The van der Waals surface area contributed by atoms with Crippen LogP contribution >= 0.6 is 0 Å². The lowest BCUT2D eigenvalue weighted by Gasteiger charge is -2.32. The van der Waals surface area contributed by atoms with Gasteiger partial charge in [-0.25, -0.2) is 9.48 Å². The smallest absolute Gasteiger partial charge is 0.346 e. The Balaban J connectivity index is 1.42. The topological polar surface area (TPSA) is 87.8 Å². The van der Waals surface area contributed by atoms with E-state index < -0.39 is 0 Å². The van der Waals surface area contributed by atoms with Crippen LogP contribution < -0.4 is 15.2 Å². The fraction of sp³-hybridized carbons (Fsp3) is 0.591. The van der Waals surface area contributed by atoms with E-state index in [9.17, 15) is 9.59 Å². The zero-order valence-corrected chi connectivity index (χ0v) is 18.2. The molecule has 2 aromatic rings. The highest BCUT2D eigenvalue weighted by Gasteiger charge is 2.35. The maximum Gasteiger partial charge on any atom is 0.346 e. The van der Waals surface area contributed by atoms with Gasteiger partial charge in [-0.05, 0) is 49.9 Å². The largest absolute Gasteiger partial charge is 0.497 e. The second kappa shape index (κ2) is 9.55. The van der Waals surface area contributed by atoms with Gasteiger partial charge in [0.1, 0.15) is 17.3 Å². The fourth-order valence-electron chi connectivity index (χ4n) is 4.04. The van der Waals surface area contributed by atoms with E-state index in [1.807, 2.05) is 9.47 Å². The van der Waals surface area contributed by atoms with E-state index in [2.05, 4.69) is 5.10 Å². The molecule has 2 fully saturated rings. The summed E-state index contributed by atoms with van der Waals surface area (Å²) in [6.07, 6.45) is 3.81. The van der Waals surface area contributed by atoms with Crippen LogP contribution in [0.2, 0.25) is 0 Å². The quantitative estimate of drug-likeness (QED) is 0.603. The first-order valence-electron chi connectivity index (χ1n) is 10.8. The summed E-state index contributed by atoms with van der Waals surface area (Å²) in [5.74, 6) is 2.17. The van der Waals surface area contributed by atoms with E-state index in [0.29, 0.717) is 32.0 Å². The normalized spacial score (nSPS) is 18.8. The van der Waals surface area contributed by atoms with Crippen LogP contribution in [-0.4, -0.2) is 65.7 Å². The number of rotatable bonds is 9. The number of aromatic nitrogens is 3. The molecule has 31 heavy (non-hydrogen) atoms. The summed E-state index contributed by atoms with van der Waals surface area (Å²) in [5, 5.41) is 4.64. The average Bonchev–Trinajstić information content (AvgIpc) is 3.59. The van der Waals surface area contributed by atoms with Crippen molar-refractivity contribution in [1.82, 2.24) is 19.2 Å². The van der Waals surface area contributed by atoms with Crippen LogP contribution in [0.25, 0.3) is 0 Å². The molecule has 2 heterocycles. The molecule has 2 aliphatic rings. The predicted octanol–water partition coefficient (Wildman–Crippen LogP) is 1.82. The number of hydrogen-bond acceptors (Lipinski definition) is 6. The number of piperidine rings is 1. The van der Waals surface area contributed by atoms with Crippen LogP contribution in [0.1, 0.15) is 43.5 Å². The first-order valence-corrected chi connectivity index (χ1v) is 10.8. The lowest BCUT2D eigenvalue weighted by molar-refractivity contribution is -0.134. The zero-order valence-electron chi connectivity index (χ0n) is 18.2. The molecule has 1 saturated carbocycles. The van der Waals surface area contributed by atoms with Crippen LogP contribution in [0.3, 0.4) is 0 Å². The Hall–Kier alpha value is -2.81. The average molecular weight is 431 g/mol. The van der Waals surface area contributed by atoms with Gasteiger partial charge in [-0.2, -0.15) is 5.10 Å². The molecule has 1 aliphatic heterocycles. The van der Waals surface area contributed by atoms with Crippen molar-refractivity contribution in [2.24, 2.45) is 0 Å². The molecule has 4 rings (SSSR count). The van der Waals surface area contributed by atoms with Crippen LogP contribution in [0.4, 0.5) is 0 Å². The molecule has 1 aromatic heterocycles. The fourth-order valence-corrected chi connectivity index (χ4v) is 4.04. The summed E-state index contributed by atoms with van der Waals surface area (Å²) in [4.78, 5) is 27.4. The van der Waals surface area contributed by atoms with Crippen LogP contribution in [0.5, 0.6) is 11.5 Å².